The number of halogens is 1. The largest absolute Gasteiger partial charge is 0.390 e. The number of amides is 2. The second kappa shape index (κ2) is 18.5. The summed E-state index contributed by atoms with van der Waals surface area (Å²) in [6, 6.07) is 9.85. The monoisotopic (exact) mass is 601 g/mol. The Hall–Kier alpha value is -2.91. The molecule has 1 aromatic carbocycles. The molecule has 0 spiro atoms. The zero-order valence-electron chi connectivity index (χ0n) is 24.6. The Morgan fingerprint density at radius 3 is 2.54 bits per heavy atom. The van der Waals surface area contributed by atoms with Crippen LogP contribution >= 0.6 is 22.9 Å². The first-order valence-electron chi connectivity index (χ1n) is 14.2. The van der Waals surface area contributed by atoms with Crippen molar-refractivity contribution in [3.05, 3.63) is 86.6 Å². The van der Waals surface area contributed by atoms with Crippen LogP contribution in [0.3, 0.4) is 0 Å². The minimum atomic E-state index is -1.35. The fourth-order valence-electron chi connectivity index (χ4n) is 4.33. The van der Waals surface area contributed by atoms with Crippen LogP contribution in [0.4, 0.5) is 5.69 Å². The maximum absolute atomic E-state index is 11.9. The van der Waals surface area contributed by atoms with E-state index in [2.05, 4.69) is 52.9 Å². The van der Waals surface area contributed by atoms with Gasteiger partial charge in [-0.05, 0) is 62.3 Å². The number of carbonyl (C=O) groups is 2. The van der Waals surface area contributed by atoms with Crippen molar-refractivity contribution in [3.8, 4) is 0 Å². The Labute approximate surface area is 253 Å². The van der Waals surface area contributed by atoms with Gasteiger partial charge >= 0.3 is 0 Å². The molecule has 2 atom stereocenters. The number of nitrogens with zero attached hydrogens (tertiary/aromatic N) is 2. The SMILES string of the molecule is CC.CC(O)C(O)C(=O)N1CCN(c2ccccc2Cl)CC1.CC1=CCC(Cc2csc(CCNC=O)c2)=CC=C1. The molecule has 2 aromatic rings. The fourth-order valence-corrected chi connectivity index (χ4v) is 5.48. The molecule has 9 heteroatoms. The van der Waals surface area contributed by atoms with Crippen molar-refractivity contribution in [2.45, 2.75) is 59.2 Å². The number of aliphatic hydroxyl groups excluding tert-OH is 2. The molecule has 1 fully saturated rings. The Kier molecular flexibility index (Phi) is 15.5. The van der Waals surface area contributed by atoms with E-state index in [1.807, 2.05) is 38.1 Å². The molecule has 224 valence electrons. The number of benzene rings is 1. The summed E-state index contributed by atoms with van der Waals surface area (Å²) in [5, 5.41) is 24.5. The summed E-state index contributed by atoms with van der Waals surface area (Å²) in [5.41, 5.74) is 5.11. The van der Waals surface area contributed by atoms with Crippen LogP contribution in [0.1, 0.15) is 44.6 Å². The van der Waals surface area contributed by atoms with Gasteiger partial charge in [-0.2, -0.15) is 0 Å². The van der Waals surface area contributed by atoms with Gasteiger partial charge in [0.15, 0.2) is 6.10 Å². The highest BCUT2D eigenvalue weighted by Crippen LogP contribution is 2.26. The van der Waals surface area contributed by atoms with E-state index in [0.717, 1.165) is 37.9 Å². The molecule has 41 heavy (non-hydrogen) atoms. The van der Waals surface area contributed by atoms with Gasteiger partial charge in [-0.25, -0.2) is 0 Å². The fraction of sp³-hybridized carbons (Fsp3) is 0.438. The standard InChI is InChI=1S/C16H19NOS.C14H19ClN2O3.C2H6/c1-13-3-2-4-14(6-5-13)9-15-10-16(19-11-15)7-8-17-12-18;1-10(18)13(19)14(20)17-8-6-16(7-9-17)12-5-3-2-4-11(12)15;1-2/h2-5,10-12H,6-9H2,1H3,(H,17,18);2-5,10,13,18-19H,6-9H2,1H3;1-2H3. The minimum Gasteiger partial charge on any atom is -0.390 e. The first-order valence-corrected chi connectivity index (χ1v) is 15.4. The molecule has 0 radical (unpaired) electrons. The predicted molar refractivity (Wildman–Crippen MR) is 171 cm³/mol. The van der Waals surface area contributed by atoms with Gasteiger partial charge in [0.25, 0.3) is 5.91 Å². The van der Waals surface area contributed by atoms with Crippen LogP contribution in [0, 0.1) is 0 Å². The Bertz CT molecular complexity index is 1180. The van der Waals surface area contributed by atoms with Crippen molar-refractivity contribution in [2.24, 2.45) is 0 Å². The van der Waals surface area contributed by atoms with E-state index < -0.39 is 18.1 Å². The molecular formula is C32H44ClN3O4S. The van der Waals surface area contributed by atoms with Crippen molar-refractivity contribution >= 4 is 40.9 Å². The van der Waals surface area contributed by atoms with Crippen molar-refractivity contribution < 1.29 is 19.8 Å². The number of para-hydroxylation sites is 1. The second-order valence-electron chi connectivity index (χ2n) is 9.71. The second-order valence-corrected chi connectivity index (χ2v) is 11.1. The van der Waals surface area contributed by atoms with E-state index in [0.29, 0.717) is 31.2 Å². The highest BCUT2D eigenvalue weighted by molar-refractivity contribution is 7.10. The third-order valence-electron chi connectivity index (χ3n) is 6.61. The minimum absolute atomic E-state index is 0.418. The van der Waals surface area contributed by atoms with Gasteiger partial charge in [0.1, 0.15) is 0 Å². The average molecular weight is 602 g/mol. The van der Waals surface area contributed by atoms with Crippen LogP contribution in [-0.2, 0) is 22.4 Å². The summed E-state index contributed by atoms with van der Waals surface area (Å²) in [6.45, 7) is 10.6. The van der Waals surface area contributed by atoms with Crippen LogP contribution in [0.5, 0.6) is 0 Å². The Morgan fingerprint density at radius 2 is 1.88 bits per heavy atom. The van der Waals surface area contributed by atoms with E-state index in [1.54, 1.807) is 16.2 Å². The molecule has 7 nitrogen and oxygen atoms in total. The predicted octanol–water partition coefficient (Wildman–Crippen LogP) is 5.17. The number of rotatable bonds is 9. The molecule has 2 unspecified atom stereocenters. The molecule has 3 N–H and O–H groups in total. The number of allylic oxidation sites excluding steroid dienone is 6. The maximum atomic E-state index is 11.9. The topological polar surface area (TPSA) is 93.1 Å². The van der Waals surface area contributed by atoms with Crippen molar-refractivity contribution in [1.82, 2.24) is 10.2 Å². The molecular weight excluding hydrogens is 558 g/mol. The van der Waals surface area contributed by atoms with Gasteiger partial charge in [0.2, 0.25) is 6.41 Å². The Balaban J connectivity index is 0.000000271. The number of piperazine rings is 1. The van der Waals surface area contributed by atoms with Gasteiger partial charge in [-0.3, -0.25) is 9.59 Å². The van der Waals surface area contributed by atoms with Crippen LogP contribution < -0.4 is 10.2 Å². The molecule has 2 amide bonds. The lowest BCUT2D eigenvalue weighted by molar-refractivity contribution is -0.145. The number of hydrogen-bond acceptors (Lipinski definition) is 6. The quantitative estimate of drug-likeness (QED) is 0.272. The number of thiophene rings is 1. The normalized spacial score (nSPS) is 16.1. The number of aliphatic hydroxyl groups is 2. The first kappa shape index (κ1) is 34.3. The summed E-state index contributed by atoms with van der Waals surface area (Å²) in [6.07, 6.45) is 10.1. The van der Waals surface area contributed by atoms with E-state index in [4.69, 9.17) is 11.6 Å². The summed E-state index contributed by atoms with van der Waals surface area (Å²) < 4.78 is 0. The van der Waals surface area contributed by atoms with Crippen LogP contribution in [0.15, 0.2) is 71.2 Å². The average Bonchev–Trinajstić information content (AvgIpc) is 3.33. The molecule has 0 bridgehead atoms. The lowest BCUT2D eigenvalue weighted by Crippen LogP contribution is -2.53. The molecule has 1 saturated heterocycles. The zero-order valence-corrected chi connectivity index (χ0v) is 26.1. The van der Waals surface area contributed by atoms with E-state index in [9.17, 15) is 19.8 Å². The molecule has 2 heterocycles. The van der Waals surface area contributed by atoms with Crippen LogP contribution in [0.2, 0.25) is 5.02 Å². The molecule has 0 saturated carbocycles. The summed E-state index contributed by atoms with van der Waals surface area (Å²) >= 11 is 7.93. The number of hydrogen-bond donors (Lipinski definition) is 3. The van der Waals surface area contributed by atoms with Gasteiger partial charge in [0.05, 0.1) is 16.8 Å². The highest BCUT2D eigenvalue weighted by Gasteiger charge is 2.29. The zero-order chi connectivity index (χ0) is 30.2. The van der Waals surface area contributed by atoms with Gasteiger partial charge in [-0.15, -0.1) is 11.3 Å². The lowest BCUT2D eigenvalue weighted by atomic mass is 10.0. The van der Waals surface area contributed by atoms with Crippen molar-refractivity contribution in [3.63, 3.8) is 0 Å². The maximum Gasteiger partial charge on any atom is 0.254 e. The number of carbonyl (C=O) groups excluding carboxylic acids is 2. The van der Waals surface area contributed by atoms with E-state index >= 15 is 0 Å². The lowest BCUT2D eigenvalue weighted by Gasteiger charge is -2.37. The van der Waals surface area contributed by atoms with Gasteiger partial charge < -0.3 is 25.3 Å². The van der Waals surface area contributed by atoms with Crippen molar-refractivity contribution in [1.29, 1.82) is 0 Å². The van der Waals surface area contributed by atoms with Crippen LogP contribution in [0.25, 0.3) is 0 Å². The van der Waals surface area contributed by atoms with Gasteiger partial charge in [0, 0.05) is 37.6 Å². The van der Waals surface area contributed by atoms with E-state index in [-0.39, 0.29) is 0 Å². The third-order valence-corrected chi connectivity index (χ3v) is 7.97. The van der Waals surface area contributed by atoms with E-state index in [1.165, 1.54) is 28.5 Å². The van der Waals surface area contributed by atoms with Gasteiger partial charge in [-0.1, -0.05) is 73.0 Å². The van der Waals surface area contributed by atoms with Crippen molar-refractivity contribution in [2.75, 3.05) is 37.6 Å². The third kappa shape index (κ3) is 11.5. The molecule has 1 aliphatic heterocycles. The molecule has 1 aliphatic carbocycles. The number of anilines is 1. The first-order chi connectivity index (χ1) is 19.8. The molecule has 2 aliphatic rings. The smallest absolute Gasteiger partial charge is 0.254 e. The summed E-state index contributed by atoms with van der Waals surface area (Å²) in [4.78, 5) is 27.1. The summed E-state index contributed by atoms with van der Waals surface area (Å²) in [5.74, 6) is -0.418. The molecule has 1 aromatic heterocycles. The number of nitrogens with one attached hydrogen (secondary N) is 1. The van der Waals surface area contributed by atoms with Crippen LogP contribution in [-0.4, -0.2) is 72.4 Å². The Morgan fingerprint density at radius 1 is 1.17 bits per heavy atom. The molecule has 4 rings (SSSR count). The highest BCUT2D eigenvalue weighted by atomic mass is 35.5. The summed E-state index contributed by atoms with van der Waals surface area (Å²) in [7, 11) is 0.